The molecule has 0 aliphatic heterocycles. The fraction of sp³-hybridized carbons (Fsp3) is 0.538. The number of halogens is 1. The molecule has 0 aliphatic rings. The molecule has 1 unspecified atom stereocenters. The quantitative estimate of drug-likeness (QED) is 0.870. The first-order chi connectivity index (χ1) is 7.44. The highest BCUT2D eigenvalue weighted by atomic mass is 79.9. The molecule has 0 radical (unpaired) electrons. The fourth-order valence-corrected chi connectivity index (χ4v) is 1.63. The Kier molecular flexibility index (Phi) is 4.96. The van der Waals surface area contributed by atoms with Crippen molar-refractivity contribution in [2.75, 3.05) is 6.54 Å². The molecule has 0 spiro atoms. The summed E-state index contributed by atoms with van der Waals surface area (Å²) in [5.74, 6) is 0. The average Bonchev–Trinajstić information content (AvgIpc) is 2.27. The first-order valence-electron chi connectivity index (χ1n) is 5.66. The molecule has 3 heteroatoms. The zero-order valence-corrected chi connectivity index (χ0v) is 11.7. The number of aliphatic hydroxyl groups is 1. The van der Waals surface area contributed by atoms with E-state index < -0.39 is 5.60 Å². The molecular formula is C13H20BrNO. The topological polar surface area (TPSA) is 32.3 Å². The summed E-state index contributed by atoms with van der Waals surface area (Å²) in [4.78, 5) is 0. The van der Waals surface area contributed by atoms with Crippen molar-refractivity contribution in [2.45, 2.75) is 38.8 Å². The van der Waals surface area contributed by atoms with Crippen molar-refractivity contribution < 1.29 is 5.11 Å². The molecule has 2 nitrogen and oxygen atoms in total. The number of hydrogen-bond donors (Lipinski definition) is 2. The van der Waals surface area contributed by atoms with E-state index in [-0.39, 0.29) is 6.04 Å². The Labute approximate surface area is 106 Å². The molecule has 0 amide bonds. The van der Waals surface area contributed by atoms with Crippen LogP contribution in [0.25, 0.3) is 0 Å². The maximum atomic E-state index is 9.89. The SMILES string of the molecule is CCC(C)(O)CN[C@@H](C)c1ccc(Br)cc1. The zero-order valence-electron chi connectivity index (χ0n) is 10.1. The van der Waals surface area contributed by atoms with Crippen LogP contribution in [0.5, 0.6) is 0 Å². The van der Waals surface area contributed by atoms with Gasteiger partial charge in [0.05, 0.1) is 5.60 Å². The molecule has 90 valence electrons. The lowest BCUT2D eigenvalue weighted by molar-refractivity contribution is 0.0533. The van der Waals surface area contributed by atoms with Gasteiger partial charge in [0.15, 0.2) is 0 Å². The van der Waals surface area contributed by atoms with E-state index in [0.717, 1.165) is 10.9 Å². The largest absolute Gasteiger partial charge is 0.389 e. The first-order valence-corrected chi connectivity index (χ1v) is 6.45. The van der Waals surface area contributed by atoms with Gasteiger partial charge in [0.2, 0.25) is 0 Å². The van der Waals surface area contributed by atoms with E-state index in [2.05, 4.69) is 40.3 Å². The van der Waals surface area contributed by atoms with E-state index in [0.29, 0.717) is 6.54 Å². The van der Waals surface area contributed by atoms with Gasteiger partial charge in [0, 0.05) is 17.1 Å². The third-order valence-corrected chi connectivity index (χ3v) is 3.45. The summed E-state index contributed by atoms with van der Waals surface area (Å²) in [7, 11) is 0. The van der Waals surface area contributed by atoms with Crippen molar-refractivity contribution in [3.8, 4) is 0 Å². The Balaban J connectivity index is 2.53. The van der Waals surface area contributed by atoms with Gasteiger partial charge in [0.1, 0.15) is 0 Å². The van der Waals surface area contributed by atoms with Crippen LogP contribution in [0.15, 0.2) is 28.7 Å². The highest BCUT2D eigenvalue weighted by Gasteiger charge is 2.18. The van der Waals surface area contributed by atoms with Crippen molar-refractivity contribution in [1.29, 1.82) is 0 Å². The normalized spacial score (nSPS) is 16.8. The summed E-state index contributed by atoms with van der Waals surface area (Å²) in [5, 5.41) is 13.2. The molecule has 1 aromatic carbocycles. The predicted octanol–water partition coefficient (Wildman–Crippen LogP) is 3.26. The van der Waals surface area contributed by atoms with Gasteiger partial charge in [-0.05, 0) is 38.0 Å². The smallest absolute Gasteiger partial charge is 0.0741 e. The highest BCUT2D eigenvalue weighted by Crippen LogP contribution is 2.17. The summed E-state index contributed by atoms with van der Waals surface area (Å²) in [6.07, 6.45) is 0.757. The Morgan fingerprint density at radius 3 is 2.44 bits per heavy atom. The fourth-order valence-electron chi connectivity index (χ4n) is 1.37. The Hall–Kier alpha value is -0.380. The molecule has 2 atom stereocenters. The van der Waals surface area contributed by atoms with E-state index in [4.69, 9.17) is 0 Å². The lowest BCUT2D eigenvalue weighted by Gasteiger charge is -2.24. The molecule has 0 bridgehead atoms. The maximum absolute atomic E-state index is 9.89. The minimum Gasteiger partial charge on any atom is -0.389 e. The van der Waals surface area contributed by atoms with Gasteiger partial charge in [-0.15, -0.1) is 0 Å². The molecule has 0 aromatic heterocycles. The molecule has 0 saturated heterocycles. The number of hydrogen-bond acceptors (Lipinski definition) is 2. The van der Waals surface area contributed by atoms with Crippen LogP contribution >= 0.6 is 15.9 Å². The van der Waals surface area contributed by atoms with Gasteiger partial charge in [-0.25, -0.2) is 0 Å². The Morgan fingerprint density at radius 2 is 1.94 bits per heavy atom. The molecule has 0 saturated carbocycles. The second-order valence-corrected chi connectivity index (χ2v) is 5.42. The molecule has 16 heavy (non-hydrogen) atoms. The average molecular weight is 286 g/mol. The van der Waals surface area contributed by atoms with E-state index in [1.807, 2.05) is 26.0 Å². The van der Waals surface area contributed by atoms with Crippen LogP contribution in [0.1, 0.15) is 38.8 Å². The maximum Gasteiger partial charge on any atom is 0.0741 e. The van der Waals surface area contributed by atoms with Gasteiger partial charge in [-0.1, -0.05) is 35.0 Å². The standard InChI is InChI=1S/C13H20BrNO/c1-4-13(3,16)9-15-10(2)11-5-7-12(14)8-6-11/h5-8,10,15-16H,4,9H2,1-3H3/t10-,13?/m0/s1. The second kappa shape index (κ2) is 5.80. The Morgan fingerprint density at radius 1 is 1.38 bits per heavy atom. The second-order valence-electron chi connectivity index (χ2n) is 4.50. The molecule has 1 rings (SSSR count). The van der Waals surface area contributed by atoms with E-state index in [9.17, 15) is 5.11 Å². The van der Waals surface area contributed by atoms with Crippen molar-refractivity contribution in [2.24, 2.45) is 0 Å². The third-order valence-electron chi connectivity index (χ3n) is 2.92. The minimum atomic E-state index is -0.621. The van der Waals surface area contributed by atoms with Crippen molar-refractivity contribution in [3.63, 3.8) is 0 Å². The van der Waals surface area contributed by atoms with E-state index in [1.54, 1.807) is 0 Å². The third kappa shape index (κ3) is 4.24. The van der Waals surface area contributed by atoms with Gasteiger partial charge < -0.3 is 10.4 Å². The Bertz CT molecular complexity index is 321. The van der Waals surface area contributed by atoms with Crippen LogP contribution < -0.4 is 5.32 Å². The lowest BCUT2D eigenvalue weighted by Crippen LogP contribution is -2.38. The molecule has 0 heterocycles. The van der Waals surface area contributed by atoms with Crippen molar-refractivity contribution in [3.05, 3.63) is 34.3 Å². The number of benzene rings is 1. The van der Waals surface area contributed by atoms with Gasteiger partial charge in [-0.2, -0.15) is 0 Å². The van der Waals surface area contributed by atoms with Crippen LogP contribution in [0, 0.1) is 0 Å². The zero-order chi connectivity index (χ0) is 12.2. The molecule has 2 N–H and O–H groups in total. The van der Waals surface area contributed by atoms with Gasteiger partial charge in [-0.3, -0.25) is 0 Å². The molecule has 0 aliphatic carbocycles. The van der Waals surface area contributed by atoms with Gasteiger partial charge in [0.25, 0.3) is 0 Å². The van der Waals surface area contributed by atoms with Crippen LogP contribution in [0.2, 0.25) is 0 Å². The van der Waals surface area contributed by atoms with Gasteiger partial charge >= 0.3 is 0 Å². The molecule has 0 fully saturated rings. The summed E-state index contributed by atoms with van der Waals surface area (Å²) in [5.41, 5.74) is 0.610. The highest BCUT2D eigenvalue weighted by molar-refractivity contribution is 9.10. The first kappa shape index (κ1) is 13.7. The summed E-state index contributed by atoms with van der Waals surface area (Å²) in [6.45, 7) is 6.57. The van der Waals surface area contributed by atoms with E-state index in [1.165, 1.54) is 5.56 Å². The predicted molar refractivity (Wildman–Crippen MR) is 71.5 cm³/mol. The summed E-state index contributed by atoms with van der Waals surface area (Å²) < 4.78 is 1.09. The van der Waals surface area contributed by atoms with Crippen LogP contribution in [-0.4, -0.2) is 17.3 Å². The minimum absolute atomic E-state index is 0.256. The lowest BCUT2D eigenvalue weighted by atomic mass is 10.0. The number of rotatable bonds is 5. The monoisotopic (exact) mass is 285 g/mol. The van der Waals surface area contributed by atoms with Crippen LogP contribution in [-0.2, 0) is 0 Å². The van der Waals surface area contributed by atoms with Crippen molar-refractivity contribution >= 4 is 15.9 Å². The molecule has 1 aromatic rings. The van der Waals surface area contributed by atoms with Crippen LogP contribution in [0.4, 0.5) is 0 Å². The molecular weight excluding hydrogens is 266 g/mol. The van der Waals surface area contributed by atoms with Crippen molar-refractivity contribution in [1.82, 2.24) is 5.32 Å². The number of nitrogens with one attached hydrogen (secondary N) is 1. The summed E-state index contributed by atoms with van der Waals surface area (Å²) >= 11 is 3.42. The summed E-state index contributed by atoms with van der Waals surface area (Å²) in [6, 6.07) is 8.49. The van der Waals surface area contributed by atoms with E-state index >= 15 is 0 Å². The van der Waals surface area contributed by atoms with Crippen LogP contribution in [0.3, 0.4) is 0 Å².